The average Bonchev–Trinajstić information content (AvgIpc) is 2.34. The molecule has 0 unspecified atom stereocenters. The van der Waals surface area contributed by atoms with Crippen LogP contribution < -0.4 is 4.72 Å². The van der Waals surface area contributed by atoms with Gasteiger partial charge in [0.1, 0.15) is 5.82 Å². The Morgan fingerprint density at radius 1 is 1.62 bits per heavy atom. The fraction of sp³-hybridized carbons (Fsp3) is 0.571. The minimum absolute atomic E-state index is 0.518. The molecule has 5 nitrogen and oxygen atoms in total. The van der Waals surface area contributed by atoms with Crippen molar-refractivity contribution in [1.29, 1.82) is 0 Å². The molecule has 74 valence electrons. The zero-order valence-electron chi connectivity index (χ0n) is 7.69. The van der Waals surface area contributed by atoms with E-state index in [4.69, 9.17) is 0 Å². The zero-order chi connectivity index (χ0) is 9.90. The number of hydrogen-bond acceptors (Lipinski definition) is 3. The molecule has 0 aliphatic rings. The second-order valence-electron chi connectivity index (χ2n) is 2.85. The fourth-order valence-electron chi connectivity index (χ4n) is 1.01. The molecule has 1 rings (SSSR count). The summed E-state index contributed by atoms with van der Waals surface area (Å²) in [4.78, 5) is 3.86. The Hall–Kier alpha value is -1.04. The molecule has 0 atom stereocenters. The van der Waals surface area contributed by atoms with E-state index in [9.17, 15) is 8.42 Å². The Bertz CT molecular complexity index is 369. The van der Waals surface area contributed by atoms with Gasteiger partial charge in [0.15, 0.2) is 0 Å². The van der Waals surface area contributed by atoms with Gasteiger partial charge in [-0.15, -0.1) is 0 Å². The van der Waals surface area contributed by atoms with Crippen molar-refractivity contribution in [1.82, 2.24) is 9.55 Å². The number of imidazole rings is 1. The highest BCUT2D eigenvalue weighted by Crippen LogP contribution is 2.08. The summed E-state index contributed by atoms with van der Waals surface area (Å²) in [5.41, 5.74) is 0. The summed E-state index contributed by atoms with van der Waals surface area (Å²) in [7, 11) is -3.20. The molecule has 1 heterocycles. The molecule has 0 spiro atoms. The van der Waals surface area contributed by atoms with Crippen LogP contribution in [0, 0.1) is 0 Å². The zero-order valence-corrected chi connectivity index (χ0v) is 8.50. The van der Waals surface area contributed by atoms with E-state index >= 15 is 0 Å². The lowest BCUT2D eigenvalue weighted by molar-refractivity contribution is 0.605. The van der Waals surface area contributed by atoms with E-state index in [0.717, 1.165) is 19.2 Å². The summed E-state index contributed by atoms with van der Waals surface area (Å²) >= 11 is 0. The Morgan fingerprint density at radius 2 is 2.31 bits per heavy atom. The SMILES string of the molecule is CCCn1cncc1NS(C)(=O)=O. The first kappa shape index (κ1) is 10.0. The monoisotopic (exact) mass is 203 g/mol. The van der Waals surface area contributed by atoms with E-state index < -0.39 is 10.0 Å². The third-order valence-corrected chi connectivity index (χ3v) is 2.05. The third kappa shape index (κ3) is 3.06. The van der Waals surface area contributed by atoms with Crippen LogP contribution in [0.1, 0.15) is 13.3 Å². The lowest BCUT2D eigenvalue weighted by Crippen LogP contribution is -2.13. The van der Waals surface area contributed by atoms with Gasteiger partial charge in [-0.1, -0.05) is 6.92 Å². The molecule has 0 saturated heterocycles. The highest BCUT2D eigenvalue weighted by Gasteiger charge is 2.05. The summed E-state index contributed by atoms with van der Waals surface area (Å²) in [5.74, 6) is 0.518. The van der Waals surface area contributed by atoms with Crippen molar-refractivity contribution in [3.8, 4) is 0 Å². The largest absolute Gasteiger partial charge is 0.317 e. The van der Waals surface area contributed by atoms with Gasteiger partial charge in [0.25, 0.3) is 0 Å². The Balaban J connectivity index is 2.82. The maximum atomic E-state index is 10.9. The first-order valence-corrected chi connectivity index (χ1v) is 5.90. The van der Waals surface area contributed by atoms with E-state index in [1.165, 1.54) is 6.20 Å². The van der Waals surface area contributed by atoms with Crippen LogP contribution in [0.3, 0.4) is 0 Å². The van der Waals surface area contributed by atoms with Crippen LogP contribution in [0.2, 0.25) is 0 Å². The number of hydrogen-bond donors (Lipinski definition) is 1. The first-order valence-electron chi connectivity index (χ1n) is 4.01. The molecule has 13 heavy (non-hydrogen) atoms. The van der Waals surface area contributed by atoms with Gasteiger partial charge >= 0.3 is 0 Å². The summed E-state index contributed by atoms with van der Waals surface area (Å²) < 4.78 is 26.0. The Labute approximate surface area is 77.8 Å². The molecule has 6 heteroatoms. The molecule has 1 aromatic heterocycles. The van der Waals surface area contributed by atoms with Gasteiger partial charge in [0.2, 0.25) is 10.0 Å². The van der Waals surface area contributed by atoms with Crippen LogP contribution in [0.4, 0.5) is 5.82 Å². The average molecular weight is 203 g/mol. The molecular formula is C7H13N3O2S. The fourth-order valence-corrected chi connectivity index (χ4v) is 1.56. The highest BCUT2D eigenvalue weighted by atomic mass is 32.2. The standard InChI is InChI=1S/C7H13N3O2S/c1-3-4-10-6-8-5-7(10)9-13(2,11)12/h5-6,9H,3-4H2,1-2H3. The van der Waals surface area contributed by atoms with E-state index in [1.54, 1.807) is 10.9 Å². The number of sulfonamides is 1. The van der Waals surface area contributed by atoms with Gasteiger partial charge < -0.3 is 4.57 Å². The van der Waals surface area contributed by atoms with Crippen molar-refractivity contribution < 1.29 is 8.42 Å². The van der Waals surface area contributed by atoms with Crippen LogP contribution in [0.5, 0.6) is 0 Å². The number of rotatable bonds is 4. The topological polar surface area (TPSA) is 64.0 Å². The molecule has 0 saturated carbocycles. The smallest absolute Gasteiger partial charge is 0.230 e. The molecule has 0 bridgehead atoms. The molecule has 0 radical (unpaired) electrons. The van der Waals surface area contributed by atoms with Gasteiger partial charge in [-0.25, -0.2) is 13.4 Å². The predicted molar refractivity (Wildman–Crippen MR) is 51.0 cm³/mol. The Morgan fingerprint density at radius 3 is 2.85 bits per heavy atom. The van der Waals surface area contributed by atoms with Gasteiger partial charge in [-0.2, -0.15) is 0 Å². The van der Waals surface area contributed by atoms with Gasteiger partial charge in [0.05, 0.1) is 18.8 Å². The maximum absolute atomic E-state index is 10.9. The second kappa shape index (κ2) is 3.78. The second-order valence-corrected chi connectivity index (χ2v) is 4.59. The van der Waals surface area contributed by atoms with Crippen LogP contribution in [-0.2, 0) is 16.6 Å². The van der Waals surface area contributed by atoms with Crippen molar-refractivity contribution in [3.63, 3.8) is 0 Å². The van der Waals surface area contributed by atoms with Crippen molar-refractivity contribution in [2.24, 2.45) is 0 Å². The quantitative estimate of drug-likeness (QED) is 0.782. The lowest BCUT2D eigenvalue weighted by atomic mass is 10.5. The molecular weight excluding hydrogens is 190 g/mol. The molecule has 0 aromatic carbocycles. The number of aryl methyl sites for hydroxylation is 1. The number of anilines is 1. The van der Waals surface area contributed by atoms with Crippen LogP contribution >= 0.6 is 0 Å². The van der Waals surface area contributed by atoms with Gasteiger partial charge in [0, 0.05) is 6.54 Å². The summed E-state index contributed by atoms with van der Waals surface area (Å²) in [6.45, 7) is 2.78. The van der Waals surface area contributed by atoms with E-state index in [-0.39, 0.29) is 0 Å². The normalized spacial score (nSPS) is 11.5. The van der Waals surface area contributed by atoms with Crippen molar-refractivity contribution in [2.75, 3.05) is 11.0 Å². The number of nitrogens with one attached hydrogen (secondary N) is 1. The molecule has 0 fully saturated rings. The lowest BCUT2D eigenvalue weighted by Gasteiger charge is -2.06. The van der Waals surface area contributed by atoms with E-state index in [1.807, 2.05) is 6.92 Å². The van der Waals surface area contributed by atoms with Crippen molar-refractivity contribution >= 4 is 15.8 Å². The van der Waals surface area contributed by atoms with E-state index in [2.05, 4.69) is 9.71 Å². The molecule has 0 amide bonds. The summed E-state index contributed by atoms with van der Waals surface area (Å²) in [6.07, 6.45) is 5.17. The maximum Gasteiger partial charge on any atom is 0.230 e. The predicted octanol–water partition coefficient (Wildman–Crippen LogP) is 0.665. The highest BCUT2D eigenvalue weighted by molar-refractivity contribution is 7.92. The Kier molecular flexibility index (Phi) is 2.92. The van der Waals surface area contributed by atoms with Crippen molar-refractivity contribution in [3.05, 3.63) is 12.5 Å². The van der Waals surface area contributed by atoms with Crippen LogP contribution in [-0.4, -0.2) is 24.2 Å². The minimum atomic E-state index is -3.20. The molecule has 1 aromatic rings. The first-order chi connectivity index (χ1) is 6.03. The summed E-state index contributed by atoms with van der Waals surface area (Å²) in [6, 6.07) is 0. The van der Waals surface area contributed by atoms with E-state index in [0.29, 0.717) is 5.82 Å². The minimum Gasteiger partial charge on any atom is -0.317 e. The molecule has 0 aliphatic heterocycles. The molecule has 0 aliphatic carbocycles. The number of aromatic nitrogens is 2. The summed E-state index contributed by atoms with van der Waals surface area (Å²) in [5, 5.41) is 0. The molecule has 1 N–H and O–H groups in total. The van der Waals surface area contributed by atoms with Gasteiger partial charge in [-0.3, -0.25) is 4.72 Å². The van der Waals surface area contributed by atoms with Crippen molar-refractivity contribution in [2.45, 2.75) is 19.9 Å². The van der Waals surface area contributed by atoms with Crippen LogP contribution in [0.25, 0.3) is 0 Å². The third-order valence-electron chi connectivity index (χ3n) is 1.47. The van der Waals surface area contributed by atoms with Crippen LogP contribution in [0.15, 0.2) is 12.5 Å². The van der Waals surface area contributed by atoms with Gasteiger partial charge in [-0.05, 0) is 6.42 Å². The number of nitrogens with zero attached hydrogens (tertiary/aromatic N) is 2.